The first-order chi connectivity index (χ1) is 9.93. The predicted molar refractivity (Wildman–Crippen MR) is 86.6 cm³/mol. The zero-order valence-corrected chi connectivity index (χ0v) is 14.3. The van der Waals surface area contributed by atoms with Crippen LogP contribution < -0.4 is 0 Å². The average Bonchev–Trinajstić information content (AvgIpc) is 2.74. The second-order valence-corrected chi connectivity index (χ2v) is 10.5. The van der Waals surface area contributed by atoms with Crippen LogP contribution in [0.2, 0.25) is 18.6 Å². The fourth-order valence-corrected chi connectivity index (χ4v) is 6.32. The van der Waals surface area contributed by atoms with Crippen LogP contribution in [0.15, 0.2) is 30.3 Å². The molecule has 2 rings (SSSR count). The molecule has 1 aliphatic heterocycles. The Morgan fingerprint density at radius 1 is 1.14 bits per heavy atom. The highest BCUT2D eigenvalue weighted by Crippen LogP contribution is 2.46. The van der Waals surface area contributed by atoms with Gasteiger partial charge in [0.25, 0.3) is 0 Å². The van der Waals surface area contributed by atoms with Gasteiger partial charge in [0.15, 0.2) is 0 Å². The van der Waals surface area contributed by atoms with E-state index in [-0.39, 0.29) is 30.3 Å². The molecule has 0 bridgehead atoms. The summed E-state index contributed by atoms with van der Waals surface area (Å²) in [5, 5.41) is 9.20. The molecule has 1 aromatic carbocycles. The van der Waals surface area contributed by atoms with E-state index in [0.717, 1.165) is 12.8 Å². The first-order valence-electron chi connectivity index (χ1n) is 7.92. The molecule has 0 unspecified atom stereocenters. The quantitative estimate of drug-likeness (QED) is 0.637. The van der Waals surface area contributed by atoms with Gasteiger partial charge in [0.05, 0.1) is 12.2 Å². The summed E-state index contributed by atoms with van der Waals surface area (Å²) in [4.78, 5) is 0. The van der Waals surface area contributed by atoms with Gasteiger partial charge in [0, 0.05) is 12.1 Å². The lowest BCUT2D eigenvalue weighted by molar-refractivity contribution is 0.0193. The van der Waals surface area contributed by atoms with E-state index >= 15 is 0 Å². The van der Waals surface area contributed by atoms with Gasteiger partial charge in [-0.25, -0.2) is 0 Å². The molecule has 0 amide bonds. The first kappa shape index (κ1) is 16.7. The smallest absolute Gasteiger partial charge is 0.246 e. The van der Waals surface area contributed by atoms with Crippen molar-refractivity contribution < 1.29 is 14.0 Å². The highest BCUT2D eigenvalue weighted by atomic mass is 28.4. The fourth-order valence-electron chi connectivity index (χ4n) is 3.73. The molecule has 118 valence electrons. The summed E-state index contributed by atoms with van der Waals surface area (Å²) in [5.74, 6) is 0.233. The van der Waals surface area contributed by atoms with Gasteiger partial charge in [-0.2, -0.15) is 0 Å². The number of halogens is 1. The molecular formula is C17H27FO2Si. The maximum absolute atomic E-state index is 14.6. The van der Waals surface area contributed by atoms with Gasteiger partial charge in [-0.15, -0.1) is 0 Å². The van der Waals surface area contributed by atoms with Crippen LogP contribution in [0.1, 0.15) is 25.3 Å². The molecule has 0 aliphatic carbocycles. The Morgan fingerprint density at radius 3 is 2.38 bits per heavy atom. The van der Waals surface area contributed by atoms with Crippen LogP contribution in [0.25, 0.3) is 0 Å². The second kappa shape index (κ2) is 7.03. The molecule has 0 saturated carbocycles. The van der Waals surface area contributed by atoms with Crippen LogP contribution in [0.3, 0.4) is 0 Å². The third-order valence-electron chi connectivity index (χ3n) is 4.67. The first-order valence-corrected chi connectivity index (χ1v) is 10.9. The van der Waals surface area contributed by atoms with Crippen molar-refractivity contribution in [2.75, 3.05) is 6.61 Å². The lowest BCUT2D eigenvalue weighted by Crippen LogP contribution is -2.36. The molecule has 0 spiro atoms. The van der Waals surface area contributed by atoms with Crippen LogP contribution in [-0.2, 0) is 11.2 Å². The van der Waals surface area contributed by atoms with Crippen LogP contribution in [0.4, 0.5) is 4.11 Å². The Kier molecular flexibility index (Phi) is 5.58. The molecule has 1 aromatic rings. The number of hydrogen-bond donors (Lipinski definition) is 1. The molecular weight excluding hydrogens is 283 g/mol. The zero-order chi connectivity index (χ0) is 15.5. The molecule has 0 aromatic heterocycles. The summed E-state index contributed by atoms with van der Waals surface area (Å²) < 4.78 is 20.7. The van der Waals surface area contributed by atoms with Gasteiger partial charge in [-0.05, 0) is 43.8 Å². The number of ether oxygens (including phenoxy) is 1. The molecule has 1 aliphatic rings. The van der Waals surface area contributed by atoms with Gasteiger partial charge in [-0.3, -0.25) is 0 Å². The van der Waals surface area contributed by atoms with Crippen LogP contribution in [-0.4, -0.2) is 32.3 Å². The number of benzene rings is 1. The summed E-state index contributed by atoms with van der Waals surface area (Å²) in [5.41, 5.74) is 1.29. The summed E-state index contributed by atoms with van der Waals surface area (Å²) >= 11 is 0. The van der Waals surface area contributed by atoms with Crippen molar-refractivity contribution >= 4 is 8.41 Å². The molecule has 1 saturated heterocycles. The normalized spacial score (nSPS) is 29.8. The van der Waals surface area contributed by atoms with Crippen molar-refractivity contribution in [3.63, 3.8) is 0 Å². The molecule has 4 heteroatoms. The van der Waals surface area contributed by atoms with Crippen molar-refractivity contribution in [3.8, 4) is 0 Å². The van der Waals surface area contributed by atoms with E-state index in [4.69, 9.17) is 4.74 Å². The molecule has 21 heavy (non-hydrogen) atoms. The lowest BCUT2D eigenvalue weighted by atomic mass is 9.95. The number of hydrogen-bond acceptors (Lipinski definition) is 2. The SMILES string of the molecule is C[C@@H]1[C@@H]([Si](C)(C)F)[C@H](CCO)O[C@@H]1CCc1ccccc1. The Labute approximate surface area is 128 Å². The third-order valence-corrected chi connectivity index (χ3v) is 7.15. The van der Waals surface area contributed by atoms with E-state index in [2.05, 4.69) is 19.1 Å². The largest absolute Gasteiger partial charge is 0.396 e. The monoisotopic (exact) mass is 310 g/mol. The number of rotatable bonds is 6. The van der Waals surface area contributed by atoms with Crippen molar-refractivity contribution in [2.45, 2.75) is 57.0 Å². The molecule has 4 atom stereocenters. The summed E-state index contributed by atoms with van der Waals surface area (Å²) in [7, 11) is -2.77. The Balaban J connectivity index is 2.01. The molecule has 1 heterocycles. The van der Waals surface area contributed by atoms with E-state index in [9.17, 15) is 9.21 Å². The number of aliphatic hydroxyl groups is 1. The van der Waals surface area contributed by atoms with E-state index in [1.165, 1.54) is 5.56 Å². The van der Waals surface area contributed by atoms with E-state index in [0.29, 0.717) is 6.42 Å². The minimum atomic E-state index is -2.77. The molecule has 1 N–H and O–H groups in total. The summed E-state index contributed by atoms with van der Waals surface area (Å²) in [6, 6.07) is 10.3. The Bertz CT molecular complexity index is 432. The second-order valence-electron chi connectivity index (χ2n) is 6.70. The minimum absolute atomic E-state index is 0.00887. The van der Waals surface area contributed by atoms with E-state index in [1.807, 2.05) is 18.2 Å². The molecule has 2 nitrogen and oxygen atoms in total. The highest BCUT2D eigenvalue weighted by molar-refractivity contribution is 6.72. The topological polar surface area (TPSA) is 29.5 Å². The standard InChI is InChI=1S/C17H27FO2Si/c1-13-15(10-9-14-7-5-4-6-8-14)20-16(11-12-19)17(13)21(2,3)18/h4-8,13,15-17,19H,9-12H2,1-3H3/t13-,15+,16-,17+/m0/s1. The van der Waals surface area contributed by atoms with E-state index < -0.39 is 8.41 Å². The van der Waals surface area contributed by atoms with Gasteiger partial charge < -0.3 is 14.0 Å². The van der Waals surface area contributed by atoms with Crippen molar-refractivity contribution in [1.29, 1.82) is 0 Å². The average molecular weight is 310 g/mol. The summed E-state index contributed by atoms with van der Waals surface area (Å²) in [6.45, 7) is 5.72. The lowest BCUT2D eigenvalue weighted by Gasteiger charge is -2.28. The maximum atomic E-state index is 14.6. The van der Waals surface area contributed by atoms with Gasteiger partial charge in [0.2, 0.25) is 8.41 Å². The Morgan fingerprint density at radius 2 is 1.81 bits per heavy atom. The minimum Gasteiger partial charge on any atom is -0.396 e. The number of aryl methyl sites for hydroxylation is 1. The van der Waals surface area contributed by atoms with Gasteiger partial charge >= 0.3 is 0 Å². The van der Waals surface area contributed by atoms with Crippen molar-refractivity contribution in [2.24, 2.45) is 5.92 Å². The predicted octanol–water partition coefficient (Wildman–Crippen LogP) is 3.95. The number of aliphatic hydroxyl groups excluding tert-OH is 1. The van der Waals surface area contributed by atoms with Gasteiger partial charge in [0.1, 0.15) is 0 Å². The van der Waals surface area contributed by atoms with Crippen molar-refractivity contribution in [1.82, 2.24) is 0 Å². The van der Waals surface area contributed by atoms with Crippen LogP contribution >= 0.6 is 0 Å². The maximum Gasteiger partial charge on any atom is 0.246 e. The van der Waals surface area contributed by atoms with Crippen LogP contribution in [0.5, 0.6) is 0 Å². The summed E-state index contributed by atoms with van der Waals surface area (Å²) in [6.07, 6.45) is 2.43. The molecule has 1 fully saturated rings. The molecule has 0 radical (unpaired) electrons. The third kappa shape index (κ3) is 4.15. The van der Waals surface area contributed by atoms with Gasteiger partial charge in [-0.1, -0.05) is 37.3 Å². The van der Waals surface area contributed by atoms with Crippen LogP contribution in [0, 0.1) is 5.92 Å². The highest BCUT2D eigenvalue weighted by Gasteiger charge is 2.50. The fraction of sp³-hybridized carbons (Fsp3) is 0.647. The zero-order valence-electron chi connectivity index (χ0n) is 13.3. The Hall–Kier alpha value is -0.713. The van der Waals surface area contributed by atoms with Crippen molar-refractivity contribution in [3.05, 3.63) is 35.9 Å². The van der Waals surface area contributed by atoms with E-state index in [1.54, 1.807) is 13.1 Å².